The Morgan fingerprint density at radius 3 is 2.50 bits per heavy atom. The summed E-state index contributed by atoms with van der Waals surface area (Å²) in [6.45, 7) is 0.397. The Bertz CT molecular complexity index is 1510. The van der Waals surface area contributed by atoms with Gasteiger partial charge in [-0.2, -0.15) is 5.26 Å². The number of thiol groups is 1. The maximum absolute atomic E-state index is 12.8. The Balaban J connectivity index is 1.57. The number of hydrogen-bond acceptors (Lipinski definition) is 6. The van der Waals surface area contributed by atoms with E-state index < -0.39 is 12.1 Å². The van der Waals surface area contributed by atoms with Gasteiger partial charge in [0.15, 0.2) is 11.5 Å². The molecule has 4 aromatic rings. The van der Waals surface area contributed by atoms with Crippen LogP contribution in [0.3, 0.4) is 0 Å². The summed E-state index contributed by atoms with van der Waals surface area (Å²) in [5, 5.41) is 14.9. The van der Waals surface area contributed by atoms with E-state index in [1.54, 1.807) is 7.11 Å². The maximum atomic E-state index is 12.8. The first kappa shape index (κ1) is 23.3. The zero-order chi connectivity index (χ0) is 25.1. The number of carbonyl (C=O) groups excluding carboxylic acids is 1. The van der Waals surface area contributed by atoms with Crippen LogP contribution in [-0.2, 0) is 11.4 Å². The van der Waals surface area contributed by atoms with Gasteiger partial charge in [-0.3, -0.25) is 4.79 Å². The summed E-state index contributed by atoms with van der Waals surface area (Å²) in [7, 11) is 1.58. The highest BCUT2D eigenvalue weighted by Crippen LogP contribution is 2.41. The third-order valence-corrected chi connectivity index (χ3v) is 6.52. The Labute approximate surface area is 214 Å². The lowest BCUT2D eigenvalue weighted by Gasteiger charge is -2.38. The monoisotopic (exact) mass is 493 g/mol. The zero-order valence-corrected chi connectivity index (χ0v) is 20.4. The first-order valence-electron chi connectivity index (χ1n) is 11.4. The highest BCUT2D eigenvalue weighted by Gasteiger charge is 2.35. The average molecular weight is 494 g/mol. The molecule has 0 radical (unpaired) electrons. The van der Waals surface area contributed by atoms with E-state index in [2.05, 4.69) is 17.9 Å². The van der Waals surface area contributed by atoms with Crippen molar-refractivity contribution in [2.45, 2.75) is 12.8 Å². The standard InChI is InChI=1S/C29H23N3O3S/c1-34-26-16-21(14-15-25(26)35-18-19-8-3-2-4-9-19)27-31-28(33)23(17-30)29(36)32(27)24-13-7-11-20-10-5-6-12-22(20)24/h2-16,27,36H,18H2,1H3,(H,31,33). The summed E-state index contributed by atoms with van der Waals surface area (Å²) in [5.74, 6) is 0.641. The van der Waals surface area contributed by atoms with Crippen molar-refractivity contribution in [3.05, 3.63) is 113 Å². The first-order valence-corrected chi connectivity index (χ1v) is 11.8. The van der Waals surface area contributed by atoms with Crippen molar-refractivity contribution in [3.8, 4) is 17.6 Å². The number of ether oxygens (including phenoxy) is 2. The van der Waals surface area contributed by atoms with E-state index in [9.17, 15) is 10.1 Å². The smallest absolute Gasteiger partial charge is 0.266 e. The predicted octanol–water partition coefficient (Wildman–Crippen LogP) is 5.73. The second kappa shape index (κ2) is 10.1. The third-order valence-electron chi connectivity index (χ3n) is 6.08. The number of carbonyl (C=O) groups is 1. The van der Waals surface area contributed by atoms with Gasteiger partial charge >= 0.3 is 0 Å². The number of amides is 1. The van der Waals surface area contributed by atoms with E-state index in [4.69, 9.17) is 9.47 Å². The second-order valence-electron chi connectivity index (χ2n) is 8.24. The molecule has 0 fully saturated rings. The van der Waals surface area contributed by atoms with Crippen molar-refractivity contribution in [3.63, 3.8) is 0 Å². The Kier molecular flexibility index (Phi) is 6.52. The molecule has 178 valence electrons. The van der Waals surface area contributed by atoms with E-state index in [0.717, 1.165) is 27.6 Å². The van der Waals surface area contributed by atoms with Gasteiger partial charge in [0.25, 0.3) is 5.91 Å². The third kappa shape index (κ3) is 4.35. The minimum Gasteiger partial charge on any atom is -0.493 e. The van der Waals surface area contributed by atoms with Crippen LogP contribution in [0, 0.1) is 11.3 Å². The largest absolute Gasteiger partial charge is 0.493 e. The van der Waals surface area contributed by atoms with Crippen LogP contribution in [0.25, 0.3) is 10.8 Å². The number of methoxy groups -OCH3 is 1. The molecule has 5 rings (SSSR count). The zero-order valence-electron chi connectivity index (χ0n) is 19.5. The summed E-state index contributed by atoms with van der Waals surface area (Å²) < 4.78 is 11.6. The number of fused-ring (bicyclic) bond motifs is 1. The van der Waals surface area contributed by atoms with Crippen molar-refractivity contribution < 1.29 is 14.3 Å². The van der Waals surface area contributed by atoms with Gasteiger partial charge in [-0.1, -0.05) is 72.8 Å². The van der Waals surface area contributed by atoms with E-state index in [1.807, 2.05) is 102 Å². The Hall–Kier alpha value is -4.41. The van der Waals surface area contributed by atoms with Gasteiger partial charge in [-0.25, -0.2) is 0 Å². The maximum Gasteiger partial charge on any atom is 0.266 e. The number of hydrogen-bond donors (Lipinski definition) is 2. The summed E-state index contributed by atoms with van der Waals surface area (Å²) in [4.78, 5) is 14.7. The van der Waals surface area contributed by atoms with E-state index >= 15 is 0 Å². The number of nitriles is 1. The minimum atomic E-state index is -0.620. The second-order valence-corrected chi connectivity index (χ2v) is 8.66. The molecule has 1 heterocycles. The first-order chi connectivity index (χ1) is 17.6. The molecule has 0 saturated heterocycles. The number of benzene rings is 4. The molecule has 1 aliphatic heterocycles. The van der Waals surface area contributed by atoms with Crippen molar-refractivity contribution >= 4 is 35.0 Å². The van der Waals surface area contributed by atoms with Crippen LogP contribution in [0.2, 0.25) is 0 Å². The molecular weight excluding hydrogens is 470 g/mol. The van der Waals surface area contributed by atoms with Gasteiger partial charge in [0.1, 0.15) is 24.4 Å². The molecule has 4 aromatic carbocycles. The van der Waals surface area contributed by atoms with Gasteiger partial charge in [-0.05, 0) is 34.7 Å². The molecule has 7 heteroatoms. The fraction of sp³-hybridized carbons (Fsp3) is 0.103. The summed E-state index contributed by atoms with van der Waals surface area (Å²) >= 11 is 4.65. The van der Waals surface area contributed by atoms with Crippen molar-refractivity contribution in [1.82, 2.24) is 5.32 Å². The van der Waals surface area contributed by atoms with Crippen LogP contribution in [0.1, 0.15) is 17.3 Å². The van der Waals surface area contributed by atoms with Gasteiger partial charge in [0.2, 0.25) is 0 Å². The molecule has 6 nitrogen and oxygen atoms in total. The van der Waals surface area contributed by atoms with Crippen molar-refractivity contribution in [2.75, 3.05) is 12.0 Å². The highest BCUT2D eigenvalue weighted by atomic mass is 32.1. The number of anilines is 1. The lowest BCUT2D eigenvalue weighted by atomic mass is 10.0. The molecule has 1 unspecified atom stereocenters. The SMILES string of the molecule is COc1cc(C2NC(=O)C(C#N)=C(S)N2c2cccc3ccccc23)ccc1OCc1ccccc1. The van der Waals surface area contributed by atoms with Crippen LogP contribution in [0.15, 0.2) is 102 Å². The molecular formula is C29H23N3O3S. The highest BCUT2D eigenvalue weighted by molar-refractivity contribution is 7.84. The van der Waals surface area contributed by atoms with Crippen LogP contribution < -0.4 is 19.7 Å². The minimum absolute atomic E-state index is 0.0442. The van der Waals surface area contributed by atoms with Crippen LogP contribution in [-0.4, -0.2) is 13.0 Å². The predicted molar refractivity (Wildman–Crippen MR) is 143 cm³/mol. The van der Waals surface area contributed by atoms with Crippen LogP contribution in [0.5, 0.6) is 11.5 Å². The molecule has 36 heavy (non-hydrogen) atoms. The number of rotatable bonds is 6. The van der Waals surface area contributed by atoms with Crippen molar-refractivity contribution in [1.29, 1.82) is 5.26 Å². The average Bonchev–Trinajstić information content (AvgIpc) is 2.92. The van der Waals surface area contributed by atoms with Crippen molar-refractivity contribution in [2.24, 2.45) is 0 Å². The molecule has 1 N–H and O–H groups in total. The molecule has 0 aliphatic carbocycles. The van der Waals surface area contributed by atoms with E-state index in [0.29, 0.717) is 18.1 Å². The molecule has 1 amide bonds. The van der Waals surface area contributed by atoms with Gasteiger partial charge in [-0.15, -0.1) is 12.6 Å². The fourth-order valence-corrected chi connectivity index (χ4v) is 4.69. The summed E-state index contributed by atoms with van der Waals surface area (Å²) in [6, 6.07) is 31.3. The normalized spacial score (nSPS) is 15.4. The topological polar surface area (TPSA) is 74.6 Å². The number of nitrogens with one attached hydrogen (secondary N) is 1. The van der Waals surface area contributed by atoms with Gasteiger partial charge in [0.05, 0.1) is 17.8 Å². The lowest BCUT2D eigenvalue weighted by molar-refractivity contribution is -0.118. The van der Waals surface area contributed by atoms with Crippen LogP contribution in [0.4, 0.5) is 5.69 Å². The van der Waals surface area contributed by atoms with E-state index in [-0.39, 0.29) is 10.6 Å². The Morgan fingerprint density at radius 2 is 1.72 bits per heavy atom. The van der Waals surface area contributed by atoms with E-state index in [1.165, 1.54) is 0 Å². The molecule has 1 aliphatic rings. The van der Waals surface area contributed by atoms with Gasteiger partial charge < -0.3 is 19.7 Å². The lowest BCUT2D eigenvalue weighted by Crippen LogP contribution is -2.46. The molecule has 0 aromatic heterocycles. The van der Waals surface area contributed by atoms with Gasteiger partial charge in [0, 0.05) is 5.39 Å². The molecule has 0 saturated carbocycles. The molecule has 0 spiro atoms. The molecule has 0 bridgehead atoms. The Morgan fingerprint density at radius 1 is 0.972 bits per heavy atom. The van der Waals surface area contributed by atoms with Crippen LogP contribution >= 0.6 is 12.6 Å². The molecule has 1 atom stereocenters. The summed E-state index contributed by atoms with van der Waals surface area (Å²) in [5.41, 5.74) is 2.57. The number of nitrogens with zero attached hydrogens (tertiary/aromatic N) is 2. The quantitative estimate of drug-likeness (QED) is 0.336. The summed E-state index contributed by atoms with van der Waals surface area (Å²) in [6.07, 6.45) is -0.620. The fourth-order valence-electron chi connectivity index (χ4n) is 4.32.